The molecule has 3 heteroatoms. The Balaban J connectivity index is 3.30. The van der Waals surface area contributed by atoms with Crippen LogP contribution in [0, 0.1) is 18.7 Å². The maximum atomic E-state index is 13.6. The number of carbonyl (C=O) groups is 1. The molecule has 0 fully saturated rings. The molecule has 0 spiro atoms. The number of nitrogens with zero attached hydrogens (tertiary/aromatic N) is 1. The number of Topliss-reactive ketones (excluding diaryl/α,β-unsaturated/α-hetero) is 1. The fraction of sp³-hybridized carbons (Fsp3) is 0.533. The van der Waals surface area contributed by atoms with Gasteiger partial charge in [-0.15, -0.1) is 0 Å². The highest BCUT2D eigenvalue weighted by molar-refractivity contribution is 5.99. The van der Waals surface area contributed by atoms with Crippen LogP contribution in [0.1, 0.15) is 43.6 Å². The number of hydrogen-bond acceptors (Lipinski definition) is 2. The molecule has 0 aromatic heterocycles. The second-order valence-electron chi connectivity index (χ2n) is 5.27. The summed E-state index contributed by atoms with van der Waals surface area (Å²) in [6, 6.07) is 3.38. The van der Waals surface area contributed by atoms with E-state index >= 15 is 0 Å². The Kier molecular flexibility index (Phi) is 4.49. The Bertz CT molecular complexity index is 454. The van der Waals surface area contributed by atoms with Gasteiger partial charge >= 0.3 is 0 Å². The van der Waals surface area contributed by atoms with E-state index in [2.05, 4.69) is 20.8 Å². The van der Waals surface area contributed by atoms with Crippen LogP contribution in [0.15, 0.2) is 12.1 Å². The minimum atomic E-state index is -0.324. The standard InChI is InChI=1S/C15H22FNO/c1-9(2)11(4)17(6)15-7-10(3)14(16)8-13(15)12(5)18/h7-9,11H,1-6H3. The van der Waals surface area contributed by atoms with Crippen LogP contribution in [0.25, 0.3) is 0 Å². The quantitative estimate of drug-likeness (QED) is 0.758. The lowest BCUT2D eigenvalue weighted by atomic mass is 10.0. The predicted molar refractivity (Wildman–Crippen MR) is 73.8 cm³/mol. The number of halogens is 1. The summed E-state index contributed by atoms with van der Waals surface area (Å²) in [5, 5.41) is 0. The minimum Gasteiger partial charge on any atom is -0.371 e. The lowest BCUT2D eigenvalue weighted by Gasteiger charge is -2.31. The average molecular weight is 251 g/mol. The SMILES string of the molecule is CC(=O)c1cc(F)c(C)cc1N(C)C(C)C(C)C. The third-order valence-corrected chi connectivity index (χ3v) is 3.61. The van der Waals surface area contributed by atoms with Crippen LogP contribution in [-0.4, -0.2) is 18.9 Å². The van der Waals surface area contributed by atoms with Gasteiger partial charge in [0.25, 0.3) is 0 Å². The van der Waals surface area contributed by atoms with Crippen molar-refractivity contribution in [2.75, 3.05) is 11.9 Å². The zero-order valence-electron chi connectivity index (χ0n) is 12.0. The second kappa shape index (κ2) is 5.51. The van der Waals surface area contributed by atoms with Gasteiger partial charge in [-0.25, -0.2) is 4.39 Å². The third-order valence-electron chi connectivity index (χ3n) is 3.61. The van der Waals surface area contributed by atoms with Gasteiger partial charge < -0.3 is 4.90 Å². The molecule has 0 bridgehead atoms. The van der Waals surface area contributed by atoms with Crippen LogP contribution in [0.3, 0.4) is 0 Å². The lowest BCUT2D eigenvalue weighted by molar-refractivity contribution is 0.101. The summed E-state index contributed by atoms with van der Waals surface area (Å²) in [7, 11) is 1.95. The molecule has 0 heterocycles. The van der Waals surface area contributed by atoms with Gasteiger partial charge in [-0.1, -0.05) is 13.8 Å². The van der Waals surface area contributed by atoms with Crippen LogP contribution >= 0.6 is 0 Å². The summed E-state index contributed by atoms with van der Waals surface area (Å²) in [6.07, 6.45) is 0. The molecule has 0 aliphatic heterocycles. The summed E-state index contributed by atoms with van der Waals surface area (Å²) in [5.41, 5.74) is 1.83. The van der Waals surface area contributed by atoms with Gasteiger partial charge in [0.2, 0.25) is 0 Å². The number of ketones is 1. The van der Waals surface area contributed by atoms with Gasteiger partial charge in [-0.05, 0) is 44.4 Å². The number of rotatable bonds is 4. The molecule has 0 radical (unpaired) electrons. The smallest absolute Gasteiger partial charge is 0.161 e. The Hall–Kier alpha value is -1.38. The average Bonchev–Trinajstić information content (AvgIpc) is 2.29. The topological polar surface area (TPSA) is 20.3 Å². The van der Waals surface area contributed by atoms with E-state index in [-0.39, 0.29) is 17.6 Å². The van der Waals surface area contributed by atoms with Gasteiger partial charge in [0, 0.05) is 24.3 Å². The maximum Gasteiger partial charge on any atom is 0.161 e. The summed E-state index contributed by atoms with van der Waals surface area (Å²) < 4.78 is 13.6. The van der Waals surface area contributed by atoms with Crippen LogP contribution in [-0.2, 0) is 0 Å². The highest BCUT2D eigenvalue weighted by Crippen LogP contribution is 2.27. The molecule has 0 saturated carbocycles. The highest BCUT2D eigenvalue weighted by Gasteiger charge is 2.19. The van der Waals surface area contributed by atoms with Gasteiger partial charge in [0.15, 0.2) is 5.78 Å². The lowest BCUT2D eigenvalue weighted by Crippen LogP contribution is -2.34. The Morgan fingerprint density at radius 1 is 1.28 bits per heavy atom. The summed E-state index contributed by atoms with van der Waals surface area (Å²) in [6.45, 7) is 9.56. The number of carbonyl (C=O) groups excluding carboxylic acids is 1. The monoisotopic (exact) mass is 251 g/mol. The molecule has 1 aromatic rings. The first-order valence-electron chi connectivity index (χ1n) is 6.29. The highest BCUT2D eigenvalue weighted by atomic mass is 19.1. The Morgan fingerprint density at radius 3 is 2.28 bits per heavy atom. The van der Waals surface area contributed by atoms with Gasteiger partial charge in [0.05, 0.1) is 0 Å². The van der Waals surface area contributed by atoms with E-state index in [1.54, 1.807) is 13.0 Å². The van der Waals surface area contributed by atoms with Crippen LogP contribution in [0.2, 0.25) is 0 Å². The van der Waals surface area contributed by atoms with E-state index in [0.717, 1.165) is 5.69 Å². The van der Waals surface area contributed by atoms with Crippen LogP contribution in [0.4, 0.5) is 10.1 Å². The summed E-state index contributed by atoms with van der Waals surface area (Å²) in [4.78, 5) is 13.7. The molecule has 1 unspecified atom stereocenters. The number of aryl methyl sites for hydroxylation is 1. The van der Waals surface area contributed by atoms with E-state index in [1.807, 2.05) is 11.9 Å². The van der Waals surface area contributed by atoms with Crippen LogP contribution < -0.4 is 4.90 Å². The molecular formula is C15H22FNO. The van der Waals surface area contributed by atoms with Crippen molar-refractivity contribution in [2.24, 2.45) is 5.92 Å². The molecule has 100 valence electrons. The van der Waals surface area contributed by atoms with Gasteiger partial charge in [-0.2, -0.15) is 0 Å². The molecule has 1 rings (SSSR count). The van der Waals surface area contributed by atoms with E-state index in [4.69, 9.17) is 0 Å². The van der Waals surface area contributed by atoms with E-state index in [9.17, 15) is 9.18 Å². The van der Waals surface area contributed by atoms with Gasteiger partial charge in [0.1, 0.15) is 5.82 Å². The predicted octanol–water partition coefficient (Wildman–Crippen LogP) is 3.82. The van der Waals surface area contributed by atoms with Crippen molar-refractivity contribution in [3.05, 3.63) is 29.1 Å². The van der Waals surface area contributed by atoms with Crippen molar-refractivity contribution in [1.82, 2.24) is 0 Å². The first-order valence-corrected chi connectivity index (χ1v) is 6.29. The molecule has 0 aliphatic rings. The van der Waals surface area contributed by atoms with Crippen molar-refractivity contribution in [1.29, 1.82) is 0 Å². The largest absolute Gasteiger partial charge is 0.371 e. The first kappa shape index (κ1) is 14.7. The molecule has 0 saturated heterocycles. The minimum absolute atomic E-state index is 0.105. The number of benzene rings is 1. The zero-order chi connectivity index (χ0) is 14.0. The molecule has 1 atom stereocenters. The molecule has 0 amide bonds. The summed E-state index contributed by atoms with van der Waals surface area (Å²) in [5.74, 6) is 0.0291. The van der Waals surface area contributed by atoms with Crippen molar-refractivity contribution in [2.45, 2.75) is 40.7 Å². The molecule has 0 N–H and O–H groups in total. The Morgan fingerprint density at radius 2 is 1.83 bits per heavy atom. The third kappa shape index (κ3) is 2.89. The van der Waals surface area contributed by atoms with E-state index in [0.29, 0.717) is 17.0 Å². The molecule has 0 aliphatic carbocycles. The van der Waals surface area contributed by atoms with Crippen molar-refractivity contribution < 1.29 is 9.18 Å². The fourth-order valence-electron chi connectivity index (χ4n) is 1.91. The van der Waals surface area contributed by atoms with Crippen molar-refractivity contribution in [3.63, 3.8) is 0 Å². The van der Waals surface area contributed by atoms with Crippen molar-refractivity contribution in [3.8, 4) is 0 Å². The Labute approximate surface area is 109 Å². The number of hydrogen-bond donors (Lipinski definition) is 0. The van der Waals surface area contributed by atoms with E-state index < -0.39 is 0 Å². The van der Waals surface area contributed by atoms with Crippen LogP contribution in [0.5, 0.6) is 0 Å². The molecule has 2 nitrogen and oxygen atoms in total. The molecule has 1 aromatic carbocycles. The maximum absolute atomic E-state index is 13.6. The molecular weight excluding hydrogens is 229 g/mol. The normalized spacial score (nSPS) is 12.7. The van der Waals surface area contributed by atoms with Gasteiger partial charge in [-0.3, -0.25) is 4.79 Å². The second-order valence-corrected chi connectivity index (χ2v) is 5.27. The van der Waals surface area contributed by atoms with Crippen molar-refractivity contribution >= 4 is 11.5 Å². The molecule has 18 heavy (non-hydrogen) atoms. The zero-order valence-corrected chi connectivity index (χ0v) is 12.0. The first-order chi connectivity index (χ1) is 8.25. The fourth-order valence-corrected chi connectivity index (χ4v) is 1.91. The van der Waals surface area contributed by atoms with E-state index in [1.165, 1.54) is 13.0 Å². The summed E-state index contributed by atoms with van der Waals surface area (Å²) >= 11 is 0. The number of anilines is 1.